The Bertz CT molecular complexity index is 1320. The first kappa shape index (κ1) is 25.6. The van der Waals surface area contributed by atoms with Crippen molar-refractivity contribution in [3.05, 3.63) is 59.2 Å². The van der Waals surface area contributed by atoms with E-state index in [9.17, 15) is 15.0 Å². The first-order valence-corrected chi connectivity index (χ1v) is 14.4. The summed E-state index contributed by atoms with van der Waals surface area (Å²) in [7, 11) is 2.15. The van der Waals surface area contributed by atoms with Crippen molar-refractivity contribution in [2.75, 3.05) is 20.1 Å². The van der Waals surface area contributed by atoms with Crippen molar-refractivity contribution < 1.29 is 19.7 Å². The molecule has 4 bridgehead atoms. The van der Waals surface area contributed by atoms with Gasteiger partial charge in [0.15, 0.2) is 11.5 Å². The maximum atomic E-state index is 13.3. The number of piperidine rings is 3. The number of ether oxygens (including phenoxy) is 1. The van der Waals surface area contributed by atoms with Gasteiger partial charge in [0.25, 0.3) is 0 Å². The number of nitrogens with one attached hydrogen (secondary N) is 1. The van der Waals surface area contributed by atoms with Crippen LogP contribution in [0.15, 0.2) is 42.5 Å². The molecule has 6 atom stereocenters. The molecule has 1 amide bonds. The van der Waals surface area contributed by atoms with Gasteiger partial charge in [-0.25, -0.2) is 0 Å². The van der Waals surface area contributed by atoms with Crippen LogP contribution < -0.4 is 10.1 Å². The fourth-order valence-electron chi connectivity index (χ4n) is 9.57. The van der Waals surface area contributed by atoms with E-state index in [1.54, 1.807) is 6.07 Å². The van der Waals surface area contributed by atoms with Gasteiger partial charge in [0, 0.05) is 31.1 Å². The molecule has 7 aliphatic rings. The van der Waals surface area contributed by atoms with E-state index in [0.29, 0.717) is 24.8 Å². The predicted molar refractivity (Wildman–Crippen MR) is 149 cm³/mol. The molecule has 3 aliphatic carbocycles. The number of fused-ring (bicyclic) bond motifs is 2. The van der Waals surface area contributed by atoms with Crippen molar-refractivity contribution in [2.24, 2.45) is 5.92 Å². The number of hydrogen-bond acceptors (Lipinski definition) is 6. The van der Waals surface area contributed by atoms with Crippen LogP contribution >= 0.6 is 12.4 Å². The predicted octanol–water partition coefficient (Wildman–Crippen LogP) is 3.14. The number of likely N-dealkylation sites (N-methyl/N-ethyl adjacent to an activating group) is 1. The second-order valence-electron chi connectivity index (χ2n) is 12.8. The summed E-state index contributed by atoms with van der Waals surface area (Å²) in [5.41, 5.74) is 1.67. The standard InChI is InChI=1S/C31H37N3O4.ClH/c1-33-23(16-25(36)32-17-19-5-3-2-4-6-19)30(37)11-12-31(33)24-15-21-9-10-22(35)27-26(21)29(31,28(30)38-27)13-14-34(24)18-20-7-8-20;/h2-6,9-10,20,23-24,28,35,37H,7-8,11-18H2,1H3,(H,32,36);1H/t23-,24+,28+,29+,30+,31+;/m0./s1. The number of nitrogens with zero attached hydrogens (tertiary/aromatic N) is 2. The minimum atomic E-state index is -1.18. The Labute approximate surface area is 235 Å². The SMILES string of the molecule is CN1[C@@H](CC(=O)NCc2ccccc2)[C@]2(O)CC[C@]13[C@H]1Cc4ccc(O)c5c4[C@]3(CCN1CC1CC1)[C@H]2O5.Cl. The van der Waals surface area contributed by atoms with Crippen molar-refractivity contribution in [2.45, 2.75) is 86.2 Å². The van der Waals surface area contributed by atoms with Crippen LogP contribution in [-0.2, 0) is 23.2 Å². The minimum absolute atomic E-state index is 0. The molecule has 2 saturated carbocycles. The van der Waals surface area contributed by atoms with E-state index in [1.165, 1.54) is 18.4 Å². The summed E-state index contributed by atoms with van der Waals surface area (Å²) >= 11 is 0. The van der Waals surface area contributed by atoms with Crippen molar-refractivity contribution >= 4 is 18.3 Å². The molecule has 4 heterocycles. The highest BCUT2D eigenvalue weighted by molar-refractivity contribution is 5.85. The summed E-state index contributed by atoms with van der Waals surface area (Å²) in [6.07, 6.45) is 5.72. The molecular weight excluding hydrogens is 514 g/mol. The third-order valence-electron chi connectivity index (χ3n) is 11.3. The molecule has 0 aromatic heterocycles. The summed E-state index contributed by atoms with van der Waals surface area (Å²) in [6, 6.07) is 13.7. The van der Waals surface area contributed by atoms with Crippen LogP contribution in [0.4, 0.5) is 0 Å². The molecule has 208 valence electrons. The summed E-state index contributed by atoms with van der Waals surface area (Å²) < 4.78 is 6.68. The lowest BCUT2D eigenvalue weighted by Crippen LogP contribution is -2.91. The van der Waals surface area contributed by atoms with Gasteiger partial charge in [0.2, 0.25) is 5.91 Å². The summed E-state index contributed by atoms with van der Waals surface area (Å²) in [5.74, 6) is 1.49. The molecule has 3 saturated heterocycles. The fraction of sp³-hybridized carbons (Fsp3) is 0.581. The lowest BCUT2D eigenvalue weighted by atomic mass is 9.41. The normalized spacial score (nSPS) is 37.5. The molecule has 2 aromatic rings. The lowest BCUT2D eigenvalue weighted by Gasteiger charge is -2.76. The summed E-state index contributed by atoms with van der Waals surface area (Å²) in [6.45, 7) is 2.60. The monoisotopic (exact) mass is 551 g/mol. The third kappa shape index (κ3) is 3.19. The highest BCUT2D eigenvalue weighted by Gasteiger charge is 2.82. The van der Waals surface area contributed by atoms with E-state index in [-0.39, 0.29) is 47.5 Å². The molecule has 39 heavy (non-hydrogen) atoms. The van der Waals surface area contributed by atoms with E-state index in [2.05, 4.69) is 28.2 Å². The van der Waals surface area contributed by atoms with E-state index in [1.807, 2.05) is 30.3 Å². The molecule has 2 spiro atoms. The van der Waals surface area contributed by atoms with Crippen LogP contribution in [0.5, 0.6) is 11.5 Å². The van der Waals surface area contributed by atoms with Gasteiger partial charge in [-0.05, 0) is 75.2 Å². The number of aromatic hydroxyl groups is 1. The largest absolute Gasteiger partial charge is 0.504 e. The van der Waals surface area contributed by atoms with Crippen molar-refractivity contribution in [3.8, 4) is 11.5 Å². The first-order valence-electron chi connectivity index (χ1n) is 14.4. The van der Waals surface area contributed by atoms with Crippen LogP contribution in [0.2, 0.25) is 0 Å². The number of phenols is 1. The molecule has 0 unspecified atom stereocenters. The van der Waals surface area contributed by atoms with Gasteiger partial charge >= 0.3 is 0 Å². The zero-order chi connectivity index (χ0) is 25.9. The molecule has 0 radical (unpaired) electrons. The van der Waals surface area contributed by atoms with Crippen LogP contribution in [0.1, 0.15) is 55.2 Å². The van der Waals surface area contributed by atoms with Crippen LogP contribution in [0.25, 0.3) is 0 Å². The Morgan fingerprint density at radius 2 is 1.92 bits per heavy atom. The zero-order valence-corrected chi connectivity index (χ0v) is 23.3. The smallest absolute Gasteiger partial charge is 0.221 e. The van der Waals surface area contributed by atoms with Gasteiger partial charge in [-0.2, -0.15) is 0 Å². The Kier molecular flexibility index (Phi) is 5.65. The van der Waals surface area contributed by atoms with E-state index in [4.69, 9.17) is 4.74 Å². The molecular formula is C31H38ClN3O4. The number of likely N-dealkylation sites (tertiary alicyclic amines) is 1. The van der Waals surface area contributed by atoms with Gasteiger partial charge in [-0.1, -0.05) is 36.4 Å². The number of carbonyl (C=O) groups excluding carboxylic acids is 1. The van der Waals surface area contributed by atoms with Crippen LogP contribution in [0, 0.1) is 5.92 Å². The first-order chi connectivity index (χ1) is 18.4. The van der Waals surface area contributed by atoms with Gasteiger partial charge in [0.1, 0.15) is 11.7 Å². The van der Waals surface area contributed by atoms with Crippen LogP contribution in [-0.4, -0.2) is 75.4 Å². The van der Waals surface area contributed by atoms with E-state index < -0.39 is 11.7 Å². The molecule has 4 aliphatic heterocycles. The van der Waals surface area contributed by atoms with Crippen molar-refractivity contribution in [1.82, 2.24) is 15.1 Å². The summed E-state index contributed by atoms with van der Waals surface area (Å²) in [4.78, 5) is 18.5. The third-order valence-corrected chi connectivity index (χ3v) is 11.3. The minimum Gasteiger partial charge on any atom is -0.504 e. The molecule has 5 fully saturated rings. The summed E-state index contributed by atoms with van der Waals surface area (Å²) in [5, 5.41) is 26.5. The maximum Gasteiger partial charge on any atom is 0.221 e. The van der Waals surface area contributed by atoms with E-state index >= 15 is 0 Å². The second-order valence-corrected chi connectivity index (χ2v) is 12.8. The second kappa shape index (κ2) is 8.59. The van der Waals surface area contributed by atoms with Gasteiger partial charge in [0.05, 0.1) is 17.0 Å². The lowest BCUT2D eigenvalue weighted by molar-refractivity contribution is -0.286. The van der Waals surface area contributed by atoms with Crippen LogP contribution in [0.3, 0.4) is 0 Å². The van der Waals surface area contributed by atoms with Gasteiger partial charge < -0.3 is 20.3 Å². The van der Waals surface area contributed by atoms with Crippen molar-refractivity contribution in [1.29, 1.82) is 0 Å². The Morgan fingerprint density at radius 1 is 1.13 bits per heavy atom. The Morgan fingerprint density at radius 3 is 2.69 bits per heavy atom. The Balaban J connectivity index is 0.00000253. The topological polar surface area (TPSA) is 85.3 Å². The Hall–Kier alpha value is -2.32. The van der Waals surface area contributed by atoms with E-state index in [0.717, 1.165) is 49.4 Å². The number of aliphatic hydroxyl groups is 1. The number of hydrogen-bond donors (Lipinski definition) is 3. The molecule has 7 nitrogen and oxygen atoms in total. The van der Waals surface area contributed by atoms with Gasteiger partial charge in [-0.15, -0.1) is 12.4 Å². The zero-order valence-electron chi connectivity index (χ0n) is 22.4. The molecule has 9 rings (SSSR count). The number of amides is 1. The molecule has 3 N–H and O–H groups in total. The number of carbonyl (C=O) groups is 1. The van der Waals surface area contributed by atoms with Crippen molar-refractivity contribution in [3.63, 3.8) is 0 Å². The molecule has 8 heteroatoms. The maximum absolute atomic E-state index is 13.3. The highest BCUT2D eigenvalue weighted by atomic mass is 35.5. The quantitative estimate of drug-likeness (QED) is 0.511. The van der Waals surface area contributed by atoms with Gasteiger partial charge in [-0.3, -0.25) is 14.6 Å². The number of phenolic OH excluding ortho intramolecular Hbond substituents is 1. The highest BCUT2D eigenvalue weighted by Crippen LogP contribution is 2.72. The fourth-order valence-corrected chi connectivity index (χ4v) is 9.57. The average molecular weight is 552 g/mol. The number of halogens is 1. The number of rotatable bonds is 6. The number of benzene rings is 2. The molecule has 2 aromatic carbocycles. The average Bonchev–Trinajstić information content (AvgIpc) is 3.66.